The lowest BCUT2D eigenvalue weighted by molar-refractivity contribution is -0.578. The fourth-order valence-corrected chi connectivity index (χ4v) is 6.19. The molecule has 1 fully saturated rings. The first-order valence-electron chi connectivity index (χ1n) is 10.4. The quantitative estimate of drug-likeness (QED) is 0.332. The molecule has 3 aromatic carbocycles. The number of nitro groups is 1. The fraction of sp³-hybridized carbons (Fsp3) is 0.200. The van der Waals surface area contributed by atoms with Crippen molar-refractivity contribution in [1.82, 2.24) is 0 Å². The van der Waals surface area contributed by atoms with E-state index in [0.717, 1.165) is 21.6 Å². The molecule has 1 saturated heterocycles. The SMILES string of the molecule is Cc1ccc(N2C(=O)[C@@H]3[C@@H](C2=O)C2c4ccccc4C3([N+](=O)[O-])c3ccccc32)cc1Cl. The van der Waals surface area contributed by atoms with E-state index in [-0.39, 0.29) is 4.92 Å². The zero-order valence-corrected chi connectivity index (χ0v) is 17.7. The van der Waals surface area contributed by atoms with Crippen molar-refractivity contribution in [1.29, 1.82) is 0 Å². The summed E-state index contributed by atoms with van der Waals surface area (Å²) in [6.07, 6.45) is 0. The maximum atomic E-state index is 13.8. The summed E-state index contributed by atoms with van der Waals surface area (Å²) in [5.74, 6) is -3.36. The van der Waals surface area contributed by atoms with Crippen molar-refractivity contribution in [3.05, 3.63) is 110 Å². The Hall–Kier alpha value is -3.51. The van der Waals surface area contributed by atoms with Gasteiger partial charge in [0.25, 0.3) is 5.54 Å². The number of hydrogen-bond donors (Lipinski definition) is 0. The molecule has 1 heterocycles. The molecule has 0 saturated carbocycles. The van der Waals surface area contributed by atoms with E-state index in [2.05, 4.69) is 0 Å². The number of benzene rings is 3. The van der Waals surface area contributed by atoms with Gasteiger partial charge in [-0.05, 0) is 35.7 Å². The van der Waals surface area contributed by atoms with Crippen molar-refractivity contribution in [3.8, 4) is 0 Å². The van der Waals surface area contributed by atoms with Crippen LogP contribution >= 0.6 is 11.6 Å². The highest BCUT2D eigenvalue weighted by atomic mass is 35.5. The lowest BCUT2D eigenvalue weighted by atomic mass is 9.51. The van der Waals surface area contributed by atoms with Gasteiger partial charge >= 0.3 is 0 Å². The highest BCUT2D eigenvalue weighted by molar-refractivity contribution is 6.32. The van der Waals surface area contributed by atoms with E-state index >= 15 is 0 Å². The molecule has 0 spiro atoms. The molecule has 3 aromatic rings. The van der Waals surface area contributed by atoms with Gasteiger partial charge in [0.2, 0.25) is 11.8 Å². The van der Waals surface area contributed by atoms with Crippen LogP contribution < -0.4 is 4.90 Å². The number of carbonyl (C=O) groups excluding carboxylic acids is 2. The second-order valence-electron chi connectivity index (χ2n) is 8.62. The van der Waals surface area contributed by atoms with Crippen molar-refractivity contribution in [2.45, 2.75) is 18.4 Å². The minimum Gasteiger partial charge on any atom is -0.274 e. The molecular weight excluding hydrogens is 428 g/mol. The molecule has 0 radical (unpaired) electrons. The molecule has 32 heavy (non-hydrogen) atoms. The van der Waals surface area contributed by atoms with Gasteiger partial charge in [0.05, 0.1) is 11.6 Å². The summed E-state index contributed by atoms with van der Waals surface area (Å²) in [4.78, 5) is 41.2. The highest BCUT2D eigenvalue weighted by Gasteiger charge is 2.74. The number of aryl methyl sites for hydroxylation is 1. The Kier molecular flexibility index (Phi) is 3.76. The average molecular weight is 445 g/mol. The standard InChI is InChI=1S/C25H17ClN2O4/c1-13-10-11-14(12-19(13)26)27-23(29)21-20-15-6-2-4-8-17(15)25(28(31)32,22(21)24(27)30)18-9-5-3-7-16(18)20/h2-12,20-22H,1H3/t20?,21-,22-,25?/m0/s1. The number of anilines is 1. The van der Waals surface area contributed by atoms with Crippen LogP contribution in [0.5, 0.6) is 0 Å². The molecule has 2 atom stereocenters. The van der Waals surface area contributed by atoms with Crippen LogP contribution in [0.15, 0.2) is 66.7 Å². The summed E-state index contributed by atoms with van der Waals surface area (Å²) in [7, 11) is 0. The largest absolute Gasteiger partial charge is 0.285 e. The van der Waals surface area contributed by atoms with E-state index in [1.54, 1.807) is 42.5 Å². The number of amides is 2. The Morgan fingerprint density at radius 2 is 1.53 bits per heavy atom. The predicted molar refractivity (Wildman–Crippen MR) is 118 cm³/mol. The Morgan fingerprint density at radius 1 is 0.938 bits per heavy atom. The van der Waals surface area contributed by atoms with Crippen molar-refractivity contribution in [2.24, 2.45) is 11.8 Å². The summed E-state index contributed by atoms with van der Waals surface area (Å²) in [5.41, 5.74) is 1.83. The first-order valence-corrected chi connectivity index (χ1v) is 10.7. The molecule has 0 unspecified atom stereocenters. The summed E-state index contributed by atoms with van der Waals surface area (Å²) >= 11 is 6.28. The lowest BCUT2D eigenvalue weighted by Crippen LogP contribution is -2.57. The molecule has 3 aliphatic carbocycles. The topological polar surface area (TPSA) is 80.5 Å². The molecule has 7 heteroatoms. The molecule has 4 aliphatic rings. The first-order chi connectivity index (χ1) is 15.4. The van der Waals surface area contributed by atoms with Gasteiger partial charge < -0.3 is 0 Å². The molecule has 0 aromatic heterocycles. The normalized spacial score (nSPS) is 27.2. The Bertz CT molecular complexity index is 1320. The van der Waals surface area contributed by atoms with E-state index in [0.29, 0.717) is 21.8 Å². The summed E-state index contributed by atoms with van der Waals surface area (Å²) in [5, 5.41) is 13.3. The van der Waals surface area contributed by atoms with E-state index in [9.17, 15) is 19.7 Å². The third-order valence-corrected chi connectivity index (χ3v) is 7.68. The minimum absolute atomic E-state index is 0.344. The molecule has 1 aliphatic heterocycles. The number of nitrogens with zero attached hydrogens (tertiary/aromatic N) is 2. The van der Waals surface area contributed by atoms with E-state index in [1.165, 1.54) is 0 Å². The van der Waals surface area contributed by atoms with E-state index in [1.807, 2.05) is 31.2 Å². The summed E-state index contributed by atoms with van der Waals surface area (Å²) in [6.45, 7) is 1.83. The molecule has 7 rings (SSSR count). The Morgan fingerprint density at radius 3 is 2.09 bits per heavy atom. The molecule has 6 nitrogen and oxygen atoms in total. The smallest absolute Gasteiger partial charge is 0.274 e. The third kappa shape index (κ3) is 2.06. The van der Waals surface area contributed by atoms with E-state index < -0.39 is 35.1 Å². The maximum Gasteiger partial charge on any atom is 0.285 e. The second kappa shape index (κ2) is 6.26. The van der Waals surface area contributed by atoms with Crippen molar-refractivity contribution in [2.75, 3.05) is 4.90 Å². The molecule has 2 amide bonds. The molecule has 0 N–H and O–H groups in total. The average Bonchev–Trinajstić information content (AvgIpc) is 3.06. The van der Waals surface area contributed by atoms with Gasteiger partial charge in [-0.15, -0.1) is 0 Å². The van der Waals surface area contributed by atoms with Gasteiger partial charge in [0.15, 0.2) is 0 Å². The number of hydrogen-bond acceptors (Lipinski definition) is 4. The fourth-order valence-electron chi connectivity index (χ4n) is 6.02. The van der Waals surface area contributed by atoms with Crippen LogP contribution in [-0.4, -0.2) is 16.7 Å². The molecule has 158 valence electrons. The van der Waals surface area contributed by atoms with E-state index in [4.69, 9.17) is 11.6 Å². The van der Waals surface area contributed by atoms with Crippen molar-refractivity contribution >= 4 is 29.1 Å². The van der Waals surface area contributed by atoms with Crippen LogP contribution in [-0.2, 0) is 15.1 Å². The van der Waals surface area contributed by atoms with Crippen molar-refractivity contribution < 1.29 is 14.5 Å². The van der Waals surface area contributed by atoms with Crippen LogP contribution in [0.2, 0.25) is 5.02 Å². The zero-order valence-electron chi connectivity index (χ0n) is 17.0. The van der Waals surface area contributed by atoms with Crippen LogP contribution in [0.1, 0.15) is 33.7 Å². The number of imide groups is 1. The van der Waals surface area contributed by atoms with Gasteiger partial charge in [0.1, 0.15) is 5.92 Å². The highest BCUT2D eigenvalue weighted by Crippen LogP contribution is 2.64. The van der Waals surface area contributed by atoms with Crippen LogP contribution in [0, 0.1) is 28.9 Å². The Labute approximate surface area is 188 Å². The number of halogens is 1. The van der Waals surface area contributed by atoms with Gasteiger partial charge in [-0.3, -0.25) is 19.7 Å². The van der Waals surface area contributed by atoms with Gasteiger partial charge in [0, 0.05) is 27.0 Å². The van der Waals surface area contributed by atoms with Gasteiger partial charge in [-0.1, -0.05) is 66.2 Å². The lowest BCUT2D eigenvalue weighted by Gasteiger charge is -2.48. The first kappa shape index (κ1) is 19.2. The second-order valence-corrected chi connectivity index (χ2v) is 9.03. The van der Waals surface area contributed by atoms with Crippen LogP contribution in [0.4, 0.5) is 5.69 Å². The minimum atomic E-state index is -1.82. The predicted octanol–water partition coefficient (Wildman–Crippen LogP) is 4.43. The summed E-state index contributed by atoms with van der Waals surface area (Å²) < 4.78 is 0. The van der Waals surface area contributed by atoms with Gasteiger partial charge in [-0.2, -0.15) is 0 Å². The monoisotopic (exact) mass is 444 g/mol. The molecular formula is C25H17ClN2O4. The zero-order chi connectivity index (χ0) is 22.4. The Balaban J connectivity index is 1.66. The number of rotatable bonds is 2. The van der Waals surface area contributed by atoms with Crippen LogP contribution in [0.25, 0.3) is 0 Å². The summed E-state index contributed by atoms with van der Waals surface area (Å²) in [6, 6.07) is 19.2. The maximum absolute atomic E-state index is 13.8. The van der Waals surface area contributed by atoms with Crippen LogP contribution in [0.3, 0.4) is 0 Å². The van der Waals surface area contributed by atoms with Gasteiger partial charge in [-0.25, -0.2) is 4.90 Å². The number of carbonyl (C=O) groups is 2. The van der Waals surface area contributed by atoms with Crippen molar-refractivity contribution in [3.63, 3.8) is 0 Å². The third-order valence-electron chi connectivity index (χ3n) is 7.27. The molecule has 2 bridgehead atoms.